The first-order valence-electron chi connectivity index (χ1n) is 5.38. The number of nitrogens with two attached hydrogens (primary N) is 1. The zero-order valence-electron chi connectivity index (χ0n) is 9.20. The molecule has 0 unspecified atom stereocenters. The van der Waals surface area contributed by atoms with Crippen molar-refractivity contribution >= 4 is 27.3 Å². The average molecular weight is 274 g/mol. The number of nitrogens with zero attached hydrogens (tertiary/aromatic N) is 1. The lowest BCUT2D eigenvalue weighted by molar-refractivity contribution is -0.122. The molecular formula is C10H14N2O3S2. The number of piperidine rings is 1. The van der Waals surface area contributed by atoms with Crippen LogP contribution in [0.25, 0.3) is 0 Å². The van der Waals surface area contributed by atoms with Gasteiger partial charge in [0.25, 0.3) is 10.0 Å². The molecule has 2 heterocycles. The molecule has 7 heteroatoms. The van der Waals surface area contributed by atoms with E-state index in [-0.39, 0.29) is 4.21 Å². The Balaban J connectivity index is 2.34. The number of amides is 1. The summed E-state index contributed by atoms with van der Waals surface area (Å²) in [5, 5.41) is 1.70. The Hall–Kier alpha value is -0.920. The van der Waals surface area contributed by atoms with Gasteiger partial charge in [0.05, 0.1) is 0 Å². The predicted molar refractivity (Wildman–Crippen MR) is 65.0 cm³/mol. The summed E-state index contributed by atoms with van der Waals surface area (Å²) in [7, 11) is -3.56. The minimum atomic E-state index is -3.56. The third kappa shape index (κ3) is 2.36. The number of sulfonamides is 1. The minimum Gasteiger partial charge on any atom is -0.368 e. The Morgan fingerprint density at radius 3 is 2.82 bits per heavy atom. The number of carbonyl (C=O) groups excluding carboxylic acids is 1. The normalized spacial score (nSPS) is 22.5. The van der Waals surface area contributed by atoms with Crippen molar-refractivity contribution in [3.05, 3.63) is 17.5 Å². The highest BCUT2D eigenvalue weighted by atomic mass is 32.2. The van der Waals surface area contributed by atoms with E-state index >= 15 is 0 Å². The summed E-state index contributed by atoms with van der Waals surface area (Å²) in [5.41, 5.74) is 5.27. The van der Waals surface area contributed by atoms with Crippen LogP contribution in [0.1, 0.15) is 19.3 Å². The Kier molecular flexibility index (Phi) is 3.50. The van der Waals surface area contributed by atoms with Crippen LogP contribution in [0.3, 0.4) is 0 Å². The quantitative estimate of drug-likeness (QED) is 0.884. The van der Waals surface area contributed by atoms with Gasteiger partial charge in [-0.25, -0.2) is 8.42 Å². The van der Waals surface area contributed by atoms with Crippen LogP contribution in [-0.4, -0.2) is 31.2 Å². The standard InChI is InChI=1S/C10H14N2O3S2/c11-10(13)8-4-1-2-6-12(8)17(14,15)9-5-3-7-16-9/h3,5,7-8H,1-2,4,6H2,(H2,11,13)/t8-/m1/s1. The summed E-state index contributed by atoms with van der Waals surface area (Å²) in [4.78, 5) is 11.3. The molecule has 0 aromatic carbocycles. The minimum absolute atomic E-state index is 0.269. The maximum atomic E-state index is 12.3. The number of hydrogen-bond donors (Lipinski definition) is 1. The van der Waals surface area contributed by atoms with Gasteiger partial charge in [0.15, 0.2) is 0 Å². The number of thiophene rings is 1. The SMILES string of the molecule is NC(=O)[C@H]1CCCCN1S(=O)(=O)c1cccs1. The van der Waals surface area contributed by atoms with E-state index in [1.165, 1.54) is 4.31 Å². The van der Waals surface area contributed by atoms with Crippen molar-refractivity contribution in [1.82, 2.24) is 4.31 Å². The molecule has 0 saturated carbocycles. The second kappa shape index (κ2) is 4.75. The lowest BCUT2D eigenvalue weighted by atomic mass is 10.0. The molecule has 2 N–H and O–H groups in total. The van der Waals surface area contributed by atoms with Gasteiger partial charge in [0, 0.05) is 6.54 Å². The van der Waals surface area contributed by atoms with Crippen LogP contribution in [-0.2, 0) is 14.8 Å². The number of carbonyl (C=O) groups is 1. The van der Waals surface area contributed by atoms with Gasteiger partial charge in [-0.15, -0.1) is 11.3 Å². The van der Waals surface area contributed by atoms with Crippen LogP contribution in [0.15, 0.2) is 21.7 Å². The van der Waals surface area contributed by atoms with Gasteiger partial charge >= 0.3 is 0 Å². The fourth-order valence-corrected chi connectivity index (χ4v) is 4.79. The van der Waals surface area contributed by atoms with Crippen molar-refractivity contribution in [1.29, 1.82) is 0 Å². The molecule has 94 valence electrons. The first-order valence-corrected chi connectivity index (χ1v) is 7.70. The van der Waals surface area contributed by atoms with Gasteiger partial charge in [0.1, 0.15) is 10.3 Å². The van der Waals surface area contributed by atoms with Crippen LogP contribution < -0.4 is 5.73 Å². The molecule has 1 aromatic rings. The zero-order valence-corrected chi connectivity index (χ0v) is 10.8. The predicted octanol–water partition coefficient (Wildman–Crippen LogP) is 0.777. The molecule has 0 spiro atoms. The third-order valence-electron chi connectivity index (χ3n) is 2.84. The van der Waals surface area contributed by atoms with Crippen molar-refractivity contribution in [2.24, 2.45) is 5.73 Å². The topological polar surface area (TPSA) is 80.5 Å². The van der Waals surface area contributed by atoms with E-state index in [9.17, 15) is 13.2 Å². The largest absolute Gasteiger partial charge is 0.368 e. The Bertz CT molecular complexity index is 496. The average Bonchev–Trinajstić information content (AvgIpc) is 2.83. The van der Waals surface area contributed by atoms with Gasteiger partial charge in [-0.05, 0) is 24.3 Å². The highest BCUT2D eigenvalue weighted by Crippen LogP contribution is 2.27. The summed E-state index contributed by atoms with van der Waals surface area (Å²) in [5.74, 6) is -0.565. The van der Waals surface area contributed by atoms with Gasteiger partial charge < -0.3 is 5.73 Å². The first kappa shape index (κ1) is 12.5. The van der Waals surface area contributed by atoms with E-state index < -0.39 is 22.0 Å². The maximum absolute atomic E-state index is 12.3. The van der Waals surface area contributed by atoms with Crippen molar-refractivity contribution in [2.45, 2.75) is 29.5 Å². The van der Waals surface area contributed by atoms with E-state index in [2.05, 4.69) is 0 Å². The summed E-state index contributed by atoms with van der Waals surface area (Å²) in [6.45, 7) is 0.369. The Labute approximate surface area is 104 Å². The lowest BCUT2D eigenvalue weighted by Gasteiger charge is -2.32. The van der Waals surface area contributed by atoms with Gasteiger partial charge in [-0.3, -0.25) is 4.79 Å². The molecular weight excluding hydrogens is 260 g/mol. The van der Waals surface area contributed by atoms with Gasteiger partial charge in [-0.1, -0.05) is 12.5 Å². The number of rotatable bonds is 3. The highest BCUT2D eigenvalue weighted by Gasteiger charge is 2.36. The Morgan fingerprint density at radius 2 is 2.24 bits per heavy atom. The van der Waals surface area contributed by atoms with Crippen LogP contribution in [0.5, 0.6) is 0 Å². The monoisotopic (exact) mass is 274 g/mol. The smallest absolute Gasteiger partial charge is 0.253 e. The lowest BCUT2D eigenvalue weighted by Crippen LogP contribution is -2.50. The molecule has 1 aliphatic heterocycles. The molecule has 5 nitrogen and oxygen atoms in total. The van der Waals surface area contributed by atoms with Crippen LogP contribution in [0, 0.1) is 0 Å². The van der Waals surface area contributed by atoms with E-state index in [4.69, 9.17) is 5.73 Å². The van der Waals surface area contributed by atoms with Crippen molar-refractivity contribution in [3.8, 4) is 0 Å². The van der Waals surface area contributed by atoms with Crippen LogP contribution in [0.2, 0.25) is 0 Å². The van der Waals surface area contributed by atoms with E-state index in [0.29, 0.717) is 13.0 Å². The molecule has 1 atom stereocenters. The number of hydrogen-bond acceptors (Lipinski definition) is 4. The summed E-state index contributed by atoms with van der Waals surface area (Å²) in [6.07, 6.45) is 2.12. The van der Waals surface area contributed by atoms with E-state index in [1.807, 2.05) is 0 Å². The molecule has 1 amide bonds. The third-order valence-corrected chi connectivity index (χ3v) is 6.12. The summed E-state index contributed by atoms with van der Waals surface area (Å²) in [6, 6.07) is 2.53. The molecule has 17 heavy (non-hydrogen) atoms. The van der Waals surface area contributed by atoms with Crippen molar-refractivity contribution in [2.75, 3.05) is 6.54 Å². The molecule has 0 bridgehead atoms. The highest BCUT2D eigenvalue weighted by molar-refractivity contribution is 7.91. The van der Waals surface area contributed by atoms with Crippen molar-refractivity contribution < 1.29 is 13.2 Å². The van der Waals surface area contributed by atoms with E-state index in [1.54, 1.807) is 17.5 Å². The Morgan fingerprint density at radius 1 is 1.47 bits per heavy atom. The molecule has 2 rings (SSSR count). The molecule has 1 aliphatic rings. The molecule has 1 fully saturated rings. The van der Waals surface area contributed by atoms with Crippen molar-refractivity contribution in [3.63, 3.8) is 0 Å². The summed E-state index contributed by atoms with van der Waals surface area (Å²) >= 11 is 1.16. The fraction of sp³-hybridized carbons (Fsp3) is 0.500. The van der Waals surface area contributed by atoms with E-state index in [0.717, 1.165) is 24.2 Å². The zero-order chi connectivity index (χ0) is 12.5. The number of primary amides is 1. The van der Waals surface area contributed by atoms with Crippen LogP contribution >= 0.6 is 11.3 Å². The first-order chi connectivity index (χ1) is 8.03. The second-order valence-electron chi connectivity index (χ2n) is 3.96. The molecule has 0 radical (unpaired) electrons. The summed E-state index contributed by atoms with van der Waals surface area (Å²) < 4.78 is 26.1. The fourth-order valence-electron chi connectivity index (χ4n) is 2.00. The molecule has 1 aromatic heterocycles. The van der Waals surface area contributed by atoms with Gasteiger partial charge in [-0.2, -0.15) is 4.31 Å². The second-order valence-corrected chi connectivity index (χ2v) is 7.03. The molecule has 1 saturated heterocycles. The molecule has 0 aliphatic carbocycles. The van der Waals surface area contributed by atoms with Crippen LogP contribution in [0.4, 0.5) is 0 Å². The van der Waals surface area contributed by atoms with Gasteiger partial charge in [0.2, 0.25) is 5.91 Å². The maximum Gasteiger partial charge on any atom is 0.253 e.